The molecule has 4 nitrogen and oxygen atoms in total. The van der Waals surface area contributed by atoms with E-state index >= 15 is 0 Å². The molecule has 1 N–H and O–H groups in total. The Morgan fingerprint density at radius 3 is 2.77 bits per heavy atom. The van der Waals surface area contributed by atoms with Gasteiger partial charge in [0.15, 0.2) is 0 Å². The molecule has 1 saturated heterocycles. The molecule has 1 aliphatic rings. The molecule has 2 aromatic heterocycles. The molecule has 26 heavy (non-hydrogen) atoms. The first-order valence-corrected chi connectivity index (χ1v) is 9.16. The molecule has 0 aliphatic carbocycles. The highest BCUT2D eigenvalue weighted by molar-refractivity contribution is 6.36. The van der Waals surface area contributed by atoms with Crippen LogP contribution < -0.4 is 0 Å². The van der Waals surface area contributed by atoms with E-state index in [9.17, 15) is 9.18 Å². The number of rotatable bonds is 2. The van der Waals surface area contributed by atoms with Crippen LogP contribution in [0.2, 0.25) is 10.0 Å². The number of H-pyrrole nitrogens is 1. The zero-order chi connectivity index (χ0) is 18.3. The van der Waals surface area contributed by atoms with Gasteiger partial charge in [-0.1, -0.05) is 23.2 Å². The molecule has 7 heteroatoms. The lowest BCUT2D eigenvalue weighted by molar-refractivity contribution is 0.0709. The summed E-state index contributed by atoms with van der Waals surface area (Å²) in [7, 11) is 0. The van der Waals surface area contributed by atoms with Gasteiger partial charge in [0.05, 0.1) is 10.6 Å². The molecule has 0 spiro atoms. The number of nitrogens with zero attached hydrogens (tertiary/aromatic N) is 2. The van der Waals surface area contributed by atoms with Crippen molar-refractivity contribution in [3.8, 4) is 0 Å². The predicted octanol–water partition coefficient (Wildman–Crippen LogP) is 5.03. The van der Waals surface area contributed by atoms with Gasteiger partial charge in [0, 0.05) is 35.9 Å². The Morgan fingerprint density at radius 2 is 2.04 bits per heavy atom. The van der Waals surface area contributed by atoms with Crippen LogP contribution in [0.4, 0.5) is 4.39 Å². The number of pyridine rings is 1. The summed E-state index contributed by atoms with van der Waals surface area (Å²) in [6.07, 6.45) is 5.37. The van der Waals surface area contributed by atoms with Crippen LogP contribution in [0.5, 0.6) is 0 Å². The third-order valence-corrected chi connectivity index (χ3v) is 5.44. The number of likely N-dealkylation sites (tertiary alicyclic amines) is 1. The largest absolute Gasteiger partial charge is 0.346 e. The number of carbonyl (C=O) groups excluding carboxylic acids is 1. The molecular weight excluding hydrogens is 376 g/mol. The lowest BCUT2D eigenvalue weighted by Gasteiger charge is -2.32. The van der Waals surface area contributed by atoms with Crippen molar-refractivity contribution in [1.29, 1.82) is 0 Å². The minimum Gasteiger partial charge on any atom is -0.346 e. The number of piperidine rings is 1. The van der Waals surface area contributed by atoms with Crippen molar-refractivity contribution in [2.45, 2.75) is 18.8 Å². The van der Waals surface area contributed by atoms with Gasteiger partial charge in [0.2, 0.25) is 0 Å². The Bertz CT molecular complexity index is 957. The summed E-state index contributed by atoms with van der Waals surface area (Å²) < 4.78 is 14.2. The number of nitrogens with one attached hydrogen (secondary N) is 1. The molecule has 0 saturated carbocycles. The average Bonchev–Trinajstić information content (AvgIpc) is 3.05. The molecule has 3 aromatic rings. The second-order valence-electron chi connectivity index (χ2n) is 6.45. The van der Waals surface area contributed by atoms with E-state index in [4.69, 9.17) is 23.2 Å². The van der Waals surface area contributed by atoms with E-state index in [-0.39, 0.29) is 21.5 Å². The van der Waals surface area contributed by atoms with Gasteiger partial charge in [0.25, 0.3) is 5.91 Å². The standard InChI is InChI=1S/C19H16Cl2FN3O/c20-12-8-15(21)17(16(22)9-12)19(26)25-6-3-11(4-7-25)14-10-24-18-13(14)2-1-5-23-18/h1-2,5,8-11H,3-4,6-7H2,(H,23,24). The van der Waals surface area contributed by atoms with E-state index in [1.165, 1.54) is 11.6 Å². The van der Waals surface area contributed by atoms with Crippen LogP contribution >= 0.6 is 23.2 Å². The van der Waals surface area contributed by atoms with Crippen molar-refractivity contribution in [3.05, 3.63) is 63.6 Å². The second-order valence-corrected chi connectivity index (χ2v) is 7.30. The maximum atomic E-state index is 14.2. The highest BCUT2D eigenvalue weighted by Gasteiger charge is 2.28. The number of amides is 1. The molecular formula is C19H16Cl2FN3O. The molecule has 0 atom stereocenters. The van der Waals surface area contributed by atoms with Crippen molar-refractivity contribution in [2.24, 2.45) is 0 Å². The fourth-order valence-corrected chi connectivity index (χ4v) is 4.16. The van der Waals surface area contributed by atoms with E-state index < -0.39 is 5.82 Å². The van der Waals surface area contributed by atoms with E-state index in [1.54, 1.807) is 11.1 Å². The molecule has 0 bridgehead atoms. The van der Waals surface area contributed by atoms with Crippen LogP contribution in [0.15, 0.2) is 36.7 Å². The zero-order valence-corrected chi connectivity index (χ0v) is 15.3. The third-order valence-electron chi connectivity index (χ3n) is 4.93. The summed E-state index contributed by atoms with van der Waals surface area (Å²) in [5.41, 5.74) is 1.98. The number of aromatic nitrogens is 2. The first kappa shape index (κ1) is 17.3. The van der Waals surface area contributed by atoms with Gasteiger partial charge in [-0.05, 0) is 48.6 Å². The number of aromatic amines is 1. The molecule has 1 fully saturated rings. The van der Waals surface area contributed by atoms with Gasteiger partial charge in [0.1, 0.15) is 11.5 Å². The number of hydrogen-bond donors (Lipinski definition) is 1. The molecule has 3 heterocycles. The van der Waals surface area contributed by atoms with Crippen LogP contribution in [-0.2, 0) is 0 Å². The maximum Gasteiger partial charge on any atom is 0.258 e. The number of fused-ring (bicyclic) bond motifs is 1. The number of benzene rings is 1. The first-order chi connectivity index (χ1) is 12.5. The molecule has 4 rings (SSSR count). The summed E-state index contributed by atoms with van der Waals surface area (Å²) in [5.74, 6) is -0.733. The highest BCUT2D eigenvalue weighted by Crippen LogP contribution is 2.34. The van der Waals surface area contributed by atoms with Gasteiger partial charge in [-0.3, -0.25) is 4.79 Å². The summed E-state index contributed by atoms with van der Waals surface area (Å²) >= 11 is 11.8. The zero-order valence-electron chi connectivity index (χ0n) is 13.8. The average molecular weight is 392 g/mol. The van der Waals surface area contributed by atoms with Crippen LogP contribution in [-0.4, -0.2) is 33.9 Å². The van der Waals surface area contributed by atoms with Crippen molar-refractivity contribution < 1.29 is 9.18 Å². The van der Waals surface area contributed by atoms with Crippen molar-refractivity contribution >= 4 is 40.1 Å². The summed E-state index contributed by atoms with van der Waals surface area (Å²) in [6, 6.07) is 6.48. The normalized spacial score (nSPS) is 15.6. The van der Waals surface area contributed by atoms with Gasteiger partial charge >= 0.3 is 0 Å². The molecule has 134 valence electrons. The number of halogens is 3. The Labute approximate surface area is 159 Å². The topological polar surface area (TPSA) is 49.0 Å². The van der Waals surface area contributed by atoms with Gasteiger partial charge in [-0.15, -0.1) is 0 Å². The SMILES string of the molecule is O=C(c1c(F)cc(Cl)cc1Cl)N1CCC(c2c[nH]c3ncccc23)CC1. The molecule has 0 radical (unpaired) electrons. The third kappa shape index (κ3) is 3.06. The first-order valence-electron chi connectivity index (χ1n) is 8.40. The van der Waals surface area contributed by atoms with E-state index in [1.807, 2.05) is 12.3 Å². The van der Waals surface area contributed by atoms with Crippen LogP contribution in [0.25, 0.3) is 11.0 Å². The summed E-state index contributed by atoms with van der Waals surface area (Å²) in [6.45, 7) is 1.10. The molecule has 1 aromatic carbocycles. The van der Waals surface area contributed by atoms with E-state index in [0.29, 0.717) is 19.0 Å². The van der Waals surface area contributed by atoms with Crippen LogP contribution in [0, 0.1) is 5.82 Å². The smallest absolute Gasteiger partial charge is 0.258 e. The van der Waals surface area contributed by atoms with E-state index in [0.717, 1.165) is 29.9 Å². The van der Waals surface area contributed by atoms with Crippen molar-refractivity contribution in [2.75, 3.05) is 13.1 Å². The Hall–Kier alpha value is -2.11. The molecule has 1 amide bonds. The van der Waals surface area contributed by atoms with Crippen molar-refractivity contribution in [3.63, 3.8) is 0 Å². The minimum absolute atomic E-state index is 0.0461. The fourth-order valence-electron chi connectivity index (χ4n) is 3.61. The monoisotopic (exact) mass is 391 g/mol. The fraction of sp³-hybridized carbons (Fsp3) is 0.263. The van der Waals surface area contributed by atoms with Crippen LogP contribution in [0.1, 0.15) is 34.7 Å². The van der Waals surface area contributed by atoms with Crippen molar-refractivity contribution in [1.82, 2.24) is 14.9 Å². The quantitative estimate of drug-likeness (QED) is 0.665. The van der Waals surface area contributed by atoms with Gasteiger partial charge in [-0.2, -0.15) is 0 Å². The van der Waals surface area contributed by atoms with Gasteiger partial charge in [-0.25, -0.2) is 9.37 Å². The Morgan fingerprint density at radius 1 is 1.27 bits per heavy atom. The van der Waals surface area contributed by atoms with Crippen LogP contribution in [0.3, 0.4) is 0 Å². The molecule has 0 unspecified atom stereocenters. The Kier molecular flexibility index (Phi) is 4.59. The summed E-state index contributed by atoms with van der Waals surface area (Å²) in [5, 5.41) is 1.34. The second kappa shape index (κ2) is 6.89. The lowest BCUT2D eigenvalue weighted by atomic mass is 9.89. The number of hydrogen-bond acceptors (Lipinski definition) is 2. The lowest BCUT2D eigenvalue weighted by Crippen LogP contribution is -2.38. The molecule has 1 aliphatic heterocycles. The highest BCUT2D eigenvalue weighted by atomic mass is 35.5. The predicted molar refractivity (Wildman–Crippen MR) is 100 cm³/mol. The Balaban J connectivity index is 1.51. The summed E-state index contributed by atoms with van der Waals surface area (Å²) in [4.78, 5) is 21.9. The number of carbonyl (C=O) groups is 1. The van der Waals surface area contributed by atoms with E-state index in [2.05, 4.69) is 16.0 Å². The van der Waals surface area contributed by atoms with Gasteiger partial charge < -0.3 is 9.88 Å². The maximum absolute atomic E-state index is 14.2. The minimum atomic E-state index is -0.683.